The summed E-state index contributed by atoms with van der Waals surface area (Å²) in [6.07, 6.45) is 1.67. The Morgan fingerprint density at radius 2 is 1.59 bits per heavy atom. The van der Waals surface area contributed by atoms with Gasteiger partial charge in [0.1, 0.15) is 17.3 Å². The van der Waals surface area contributed by atoms with Crippen molar-refractivity contribution in [3.63, 3.8) is 0 Å². The van der Waals surface area contributed by atoms with Crippen molar-refractivity contribution in [2.75, 3.05) is 0 Å². The van der Waals surface area contributed by atoms with Crippen LogP contribution < -0.4 is 0 Å². The average molecular weight is 297 g/mol. The smallest absolute Gasteiger partial charge is 0.141 e. The number of nitroso groups, excluding NO2 is 1. The summed E-state index contributed by atoms with van der Waals surface area (Å²) < 4.78 is 26.6. The molecule has 0 unspecified atom stereocenters. The zero-order valence-electron chi connectivity index (χ0n) is 11.2. The molecule has 2 aromatic carbocycles. The summed E-state index contributed by atoms with van der Waals surface area (Å²) in [5, 5.41) is 4.37. The van der Waals surface area contributed by atoms with Crippen LogP contribution in [0.2, 0.25) is 0 Å². The third-order valence-electron chi connectivity index (χ3n) is 3.74. The largest absolute Gasteiger partial charge is 0.360 e. The fourth-order valence-corrected chi connectivity index (χ4v) is 2.75. The van der Waals surface area contributed by atoms with E-state index in [1.807, 2.05) is 0 Å². The Morgan fingerprint density at radius 1 is 0.909 bits per heavy atom. The molecule has 0 amide bonds. The van der Waals surface area contributed by atoms with E-state index in [1.165, 1.54) is 30.3 Å². The van der Waals surface area contributed by atoms with Crippen LogP contribution in [0.25, 0.3) is 33.1 Å². The molecule has 4 aromatic rings. The van der Waals surface area contributed by atoms with Gasteiger partial charge >= 0.3 is 0 Å². The SMILES string of the molecule is O=Nc1c(-c2c[nH]c3cc(F)ccc23)[nH]c2cc(F)ccc12. The molecule has 0 saturated carbocycles. The summed E-state index contributed by atoms with van der Waals surface area (Å²) in [6, 6.07) is 8.43. The van der Waals surface area contributed by atoms with E-state index < -0.39 is 5.82 Å². The summed E-state index contributed by atoms with van der Waals surface area (Å²) in [7, 11) is 0. The van der Waals surface area contributed by atoms with Gasteiger partial charge in [-0.25, -0.2) is 8.78 Å². The van der Waals surface area contributed by atoms with Gasteiger partial charge in [0.2, 0.25) is 0 Å². The van der Waals surface area contributed by atoms with Gasteiger partial charge in [-0.05, 0) is 41.6 Å². The van der Waals surface area contributed by atoms with E-state index in [2.05, 4.69) is 15.1 Å². The highest BCUT2D eigenvalue weighted by Gasteiger charge is 2.17. The lowest BCUT2D eigenvalue weighted by Crippen LogP contribution is -1.77. The zero-order chi connectivity index (χ0) is 15.3. The molecule has 6 heteroatoms. The van der Waals surface area contributed by atoms with E-state index in [-0.39, 0.29) is 11.5 Å². The maximum absolute atomic E-state index is 13.3. The number of H-pyrrole nitrogens is 2. The van der Waals surface area contributed by atoms with E-state index in [9.17, 15) is 13.7 Å². The highest BCUT2D eigenvalue weighted by molar-refractivity contribution is 6.05. The molecule has 0 bridgehead atoms. The normalized spacial score (nSPS) is 11.4. The van der Waals surface area contributed by atoms with Crippen LogP contribution in [0.3, 0.4) is 0 Å². The minimum absolute atomic E-state index is 0.209. The highest BCUT2D eigenvalue weighted by Crippen LogP contribution is 2.40. The number of rotatable bonds is 2. The van der Waals surface area contributed by atoms with Gasteiger partial charge in [-0.2, -0.15) is 0 Å². The molecule has 2 N–H and O–H groups in total. The molecule has 0 saturated heterocycles. The van der Waals surface area contributed by atoms with Gasteiger partial charge in [0, 0.05) is 28.0 Å². The molecule has 2 heterocycles. The molecule has 0 fully saturated rings. The Bertz CT molecular complexity index is 1030. The van der Waals surface area contributed by atoms with Gasteiger partial charge in [-0.1, -0.05) is 0 Å². The van der Waals surface area contributed by atoms with Crippen LogP contribution in [0.15, 0.2) is 47.8 Å². The van der Waals surface area contributed by atoms with Crippen molar-refractivity contribution in [3.8, 4) is 11.3 Å². The molecule has 0 aliphatic carbocycles. The predicted octanol–water partition coefficient (Wildman–Crippen LogP) is 4.99. The van der Waals surface area contributed by atoms with E-state index >= 15 is 0 Å². The molecular weight excluding hydrogens is 288 g/mol. The Balaban J connectivity index is 2.05. The van der Waals surface area contributed by atoms with Gasteiger partial charge < -0.3 is 9.97 Å². The lowest BCUT2D eigenvalue weighted by atomic mass is 10.1. The van der Waals surface area contributed by atoms with Crippen LogP contribution in [-0.2, 0) is 0 Å². The topological polar surface area (TPSA) is 61.0 Å². The van der Waals surface area contributed by atoms with Gasteiger partial charge in [0.05, 0.1) is 11.2 Å². The van der Waals surface area contributed by atoms with E-state index in [4.69, 9.17) is 0 Å². The molecule has 4 rings (SSSR count). The second-order valence-corrected chi connectivity index (χ2v) is 5.02. The number of hydrogen-bond acceptors (Lipinski definition) is 2. The van der Waals surface area contributed by atoms with Crippen LogP contribution in [0.1, 0.15) is 0 Å². The van der Waals surface area contributed by atoms with Crippen molar-refractivity contribution < 1.29 is 8.78 Å². The number of aromatic nitrogens is 2. The van der Waals surface area contributed by atoms with Gasteiger partial charge in [0.25, 0.3) is 0 Å². The Hall–Kier alpha value is -3.02. The minimum Gasteiger partial charge on any atom is -0.360 e. The summed E-state index contributed by atoms with van der Waals surface area (Å²) in [5.41, 5.74) is 2.47. The van der Waals surface area contributed by atoms with Crippen LogP contribution in [0.5, 0.6) is 0 Å². The molecule has 2 aromatic heterocycles. The van der Waals surface area contributed by atoms with Gasteiger partial charge in [-0.3, -0.25) is 0 Å². The monoisotopic (exact) mass is 297 g/mol. The molecule has 0 aliphatic heterocycles. The lowest BCUT2D eigenvalue weighted by molar-refractivity contribution is 0.629. The third-order valence-corrected chi connectivity index (χ3v) is 3.74. The summed E-state index contributed by atoms with van der Waals surface area (Å²) in [5.74, 6) is -0.757. The first-order chi connectivity index (χ1) is 10.7. The minimum atomic E-state index is -0.404. The van der Waals surface area contributed by atoms with Crippen LogP contribution >= 0.6 is 0 Å². The summed E-state index contributed by atoms with van der Waals surface area (Å²) >= 11 is 0. The van der Waals surface area contributed by atoms with E-state index in [0.717, 1.165) is 5.39 Å². The van der Waals surface area contributed by atoms with Crippen molar-refractivity contribution in [2.24, 2.45) is 5.18 Å². The zero-order valence-corrected chi connectivity index (χ0v) is 11.2. The first-order valence-electron chi connectivity index (χ1n) is 6.59. The highest BCUT2D eigenvalue weighted by atomic mass is 19.1. The molecule has 4 nitrogen and oxygen atoms in total. The predicted molar refractivity (Wildman–Crippen MR) is 81.0 cm³/mol. The standard InChI is InChI=1S/C16H9F2N3O/c17-8-1-3-10-12(7-19-13(10)5-8)15-16(21-22)11-4-2-9(18)6-14(11)20-15/h1-7,19-20H. The fraction of sp³-hybridized carbons (Fsp3) is 0. The number of aromatic amines is 2. The maximum Gasteiger partial charge on any atom is 0.141 e. The number of halogens is 2. The van der Waals surface area contributed by atoms with Crippen molar-refractivity contribution in [1.82, 2.24) is 9.97 Å². The average Bonchev–Trinajstić information content (AvgIpc) is 3.06. The van der Waals surface area contributed by atoms with Crippen molar-refractivity contribution in [1.29, 1.82) is 0 Å². The number of benzene rings is 2. The molecule has 0 atom stereocenters. The van der Waals surface area contributed by atoms with Crippen LogP contribution in [0.4, 0.5) is 14.5 Å². The first kappa shape index (κ1) is 12.7. The Kier molecular flexibility index (Phi) is 2.59. The Labute approximate surface area is 122 Å². The number of nitrogens with one attached hydrogen (secondary N) is 2. The molecule has 0 spiro atoms. The fourth-order valence-electron chi connectivity index (χ4n) is 2.75. The van der Waals surface area contributed by atoms with Crippen LogP contribution in [-0.4, -0.2) is 9.97 Å². The summed E-state index contributed by atoms with van der Waals surface area (Å²) in [6.45, 7) is 0. The molecular formula is C16H9F2N3O. The van der Waals surface area contributed by atoms with Crippen molar-refractivity contribution >= 4 is 27.5 Å². The van der Waals surface area contributed by atoms with Gasteiger partial charge in [0.15, 0.2) is 0 Å². The van der Waals surface area contributed by atoms with Crippen molar-refractivity contribution in [3.05, 3.63) is 59.1 Å². The number of nitrogens with zero attached hydrogens (tertiary/aromatic N) is 1. The summed E-state index contributed by atoms with van der Waals surface area (Å²) in [4.78, 5) is 17.2. The molecule has 0 radical (unpaired) electrons. The second-order valence-electron chi connectivity index (χ2n) is 5.02. The first-order valence-corrected chi connectivity index (χ1v) is 6.59. The van der Waals surface area contributed by atoms with Crippen molar-refractivity contribution in [2.45, 2.75) is 0 Å². The second kappa shape index (κ2) is 4.49. The lowest BCUT2D eigenvalue weighted by Gasteiger charge is -1.97. The van der Waals surface area contributed by atoms with Crippen LogP contribution in [0, 0.1) is 16.5 Å². The van der Waals surface area contributed by atoms with E-state index in [0.29, 0.717) is 27.7 Å². The van der Waals surface area contributed by atoms with Gasteiger partial charge in [-0.15, -0.1) is 4.91 Å². The molecule has 0 aliphatic rings. The third kappa shape index (κ3) is 1.74. The quantitative estimate of drug-likeness (QED) is 0.503. The Morgan fingerprint density at radius 3 is 2.32 bits per heavy atom. The van der Waals surface area contributed by atoms with E-state index in [1.54, 1.807) is 12.3 Å². The molecule has 108 valence electrons. The molecule has 22 heavy (non-hydrogen) atoms. The number of hydrogen-bond donors (Lipinski definition) is 2. The number of fused-ring (bicyclic) bond motifs is 2. The maximum atomic E-state index is 13.3.